The minimum Gasteiger partial charge on any atom is -0.463 e. The summed E-state index contributed by atoms with van der Waals surface area (Å²) < 4.78 is 5.56. The first kappa shape index (κ1) is 20.8. The summed E-state index contributed by atoms with van der Waals surface area (Å²) in [5.41, 5.74) is -1.12. The molecular formula is C20H36N4O2. The summed E-state index contributed by atoms with van der Waals surface area (Å²) in [6.07, 6.45) is 2.62. The minimum atomic E-state index is -1.12. The number of aryl methyl sites for hydroxylation is 1. The van der Waals surface area contributed by atoms with Crippen molar-refractivity contribution in [3.8, 4) is 0 Å². The van der Waals surface area contributed by atoms with E-state index in [1.54, 1.807) is 6.92 Å². The monoisotopic (exact) mass is 364 g/mol. The average Bonchev–Trinajstić information content (AvgIpc) is 3.04. The lowest BCUT2D eigenvalue weighted by Gasteiger charge is -2.35. The van der Waals surface area contributed by atoms with Gasteiger partial charge in [0.25, 0.3) is 0 Å². The molecule has 148 valence electrons. The van der Waals surface area contributed by atoms with Gasteiger partial charge in [-0.1, -0.05) is 6.92 Å². The highest BCUT2D eigenvalue weighted by molar-refractivity contribution is 5.79. The van der Waals surface area contributed by atoms with Crippen molar-refractivity contribution in [2.24, 2.45) is 10.9 Å². The predicted octanol–water partition coefficient (Wildman–Crippen LogP) is 2.47. The van der Waals surface area contributed by atoms with Gasteiger partial charge in [0.05, 0.1) is 6.54 Å². The summed E-state index contributed by atoms with van der Waals surface area (Å²) in [7, 11) is 0. The largest absolute Gasteiger partial charge is 0.463 e. The van der Waals surface area contributed by atoms with E-state index in [4.69, 9.17) is 4.42 Å². The molecule has 3 atom stereocenters. The number of hydrogen-bond donors (Lipinski definition) is 3. The van der Waals surface area contributed by atoms with Gasteiger partial charge in [0, 0.05) is 25.7 Å². The number of likely N-dealkylation sites (tertiary alicyclic amines) is 1. The number of nitrogens with zero attached hydrogens (tertiary/aromatic N) is 2. The van der Waals surface area contributed by atoms with Crippen LogP contribution in [0.3, 0.4) is 0 Å². The highest BCUT2D eigenvalue weighted by Gasteiger charge is 2.27. The van der Waals surface area contributed by atoms with E-state index in [9.17, 15) is 5.11 Å². The van der Waals surface area contributed by atoms with Crippen molar-refractivity contribution in [3.05, 3.63) is 23.7 Å². The van der Waals surface area contributed by atoms with E-state index >= 15 is 0 Å². The maximum absolute atomic E-state index is 10.7. The molecule has 3 unspecified atom stereocenters. The average molecular weight is 365 g/mol. The van der Waals surface area contributed by atoms with Crippen molar-refractivity contribution in [1.29, 1.82) is 0 Å². The van der Waals surface area contributed by atoms with Crippen LogP contribution in [0.25, 0.3) is 0 Å². The van der Waals surface area contributed by atoms with Gasteiger partial charge < -0.3 is 20.2 Å². The van der Waals surface area contributed by atoms with Crippen LogP contribution in [0.5, 0.6) is 0 Å². The van der Waals surface area contributed by atoms with Crippen LogP contribution < -0.4 is 10.6 Å². The van der Waals surface area contributed by atoms with Gasteiger partial charge in [-0.3, -0.25) is 4.90 Å². The topological polar surface area (TPSA) is 73.0 Å². The zero-order chi connectivity index (χ0) is 19.2. The molecule has 1 aromatic heterocycles. The molecule has 1 fully saturated rings. The molecule has 0 aliphatic carbocycles. The van der Waals surface area contributed by atoms with Crippen molar-refractivity contribution in [2.75, 3.05) is 32.7 Å². The molecule has 3 N–H and O–H groups in total. The Kier molecular flexibility index (Phi) is 7.53. The SMILES string of the molecule is CCNC(=NCC(C)(O)c1ccc(C)o1)NCC(C)N1CCCC(C)C1. The van der Waals surface area contributed by atoms with Gasteiger partial charge in [0.1, 0.15) is 17.1 Å². The second-order valence-corrected chi connectivity index (χ2v) is 7.85. The number of furan rings is 1. The second kappa shape index (κ2) is 9.42. The van der Waals surface area contributed by atoms with E-state index in [1.807, 2.05) is 26.0 Å². The highest BCUT2D eigenvalue weighted by Crippen LogP contribution is 2.23. The molecule has 0 aromatic carbocycles. The van der Waals surface area contributed by atoms with E-state index < -0.39 is 5.60 Å². The number of rotatable bonds is 7. The van der Waals surface area contributed by atoms with Crippen LogP contribution in [0.4, 0.5) is 0 Å². The number of aliphatic imine (C=N–C) groups is 1. The summed E-state index contributed by atoms with van der Waals surface area (Å²) in [5.74, 6) is 2.84. The van der Waals surface area contributed by atoms with Crippen LogP contribution in [-0.2, 0) is 5.60 Å². The normalized spacial score (nSPS) is 22.7. The van der Waals surface area contributed by atoms with Crippen molar-refractivity contribution < 1.29 is 9.52 Å². The smallest absolute Gasteiger partial charge is 0.191 e. The molecule has 6 heteroatoms. The third kappa shape index (κ3) is 6.02. The number of guanidine groups is 1. The standard InChI is InChI=1S/C20H36N4O2/c1-6-21-19(22-12-16(3)24-11-7-8-15(2)13-24)23-14-20(5,25)18-10-9-17(4)26-18/h9-10,15-16,25H,6-8,11-14H2,1-5H3,(H2,21,22,23). The van der Waals surface area contributed by atoms with Gasteiger partial charge in [-0.05, 0) is 65.1 Å². The fourth-order valence-corrected chi connectivity index (χ4v) is 3.38. The molecule has 2 heterocycles. The Balaban J connectivity index is 1.91. The van der Waals surface area contributed by atoms with Gasteiger partial charge in [0.2, 0.25) is 0 Å². The Labute approximate surface area is 158 Å². The Morgan fingerprint density at radius 3 is 2.85 bits per heavy atom. The van der Waals surface area contributed by atoms with Gasteiger partial charge in [0.15, 0.2) is 5.96 Å². The molecule has 1 aliphatic heterocycles. The number of nitrogens with one attached hydrogen (secondary N) is 2. The molecule has 0 spiro atoms. The summed E-state index contributed by atoms with van der Waals surface area (Å²) in [6, 6.07) is 4.12. The van der Waals surface area contributed by atoms with E-state index in [1.165, 1.54) is 25.9 Å². The van der Waals surface area contributed by atoms with E-state index in [2.05, 4.69) is 34.4 Å². The lowest BCUT2D eigenvalue weighted by molar-refractivity contribution is 0.0428. The molecule has 0 saturated carbocycles. The molecule has 26 heavy (non-hydrogen) atoms. The summed E-state index contributed by atoms with van der Waals surface area (Å²) in [5, 5.41) is 17.3. The third-order valence-electron chi connectivity index (χ3n) is 5.04. The van der Waals surface area contributed by atoms with Crippen LogP contribution in [-0.4, -0.2) is 54.7 Å². The third-order valence-corrected chi connectivity index (χ3v) is 5.04. The maximum Gasteiger partial charge on any atom is 0.191 e. The molecular weight excluding hydrogens is 328 g/mol. The zero-order valence-corrected chi connectivity index (χ0v) is 17.0. The first-order valence-electron chi connectivity index (χ1n) is 9.87. The Hall–Kier alpha value is -1.53. The molecule has 2 rings (SSSR count). The minimum absolute atomic E-state index is 0.240. The lowest BCUT2D eigenvalue weighted by atomic mass is 9.99. The second-order valence-electron chi connectivity index (χ2n) is 7.85. The maximum atomic E-state index is 10.7. The first-order chi connectivity index (χ1) is 12.3. The zero-order valence-electron chi connectivity index (χ0n) is 17.0. The molecule has 0 amide bonds. The van der Waals surface area contributed by atoms with Crippen LogP contribution in [0, 0.1) is 12.8 Å². The van der Waals surface area contributed by atoms with E-state index in [0.29, 0.717) is 11.8 Å². The van der Waals surface area contributed by atoms with Crippen molar-refractivity contribution >= 4 is 5.96 Å². The molecule has 0 radical (unpaired) electrons. The van der Waals surface area contributed by atoms with Crippen molar-refractivity contribution in [1.82, 2.24) is 15.5 Å². The Morgan fingerprint density at radius 1 is 1.46 bits per heavy atom. The first-order valence-corrected chi connectivity index (χ1v) is 9.87. The van der Waals surface area contributed by atoms with Crippen LogP contribution in [0.1, 0.15) is 52.1 Å². The van der Waals surface area contributed by atoms with E-state index in [0.717, 1.165) is 30.7 Å². The van der Waals surface area contributed by atoms with Gasteiger partial charge in [-0.25, -0.2) is 4.99 Å². The lowest BCUT2D eigenvalue weighted by Crippen LogP contribution is -2.48. The van der Waals surface area contributed by atoms with Crippen molar-refractivity contribution in [2.45, 2.75) is 59.1 Å². The number of aliphatic hydroxyl groups is 1. The fourth-order valence-electron chi connectivity index (χ4n) is 3.38. The number of piperidine rings is 1. The van der Waals surface area contributed by atoms with E-state index in [-0.39, 0.29) is 6.54 Å². The molecule has 1 saturated heterocycles. The van der Waals surface area contributed by atoms with Crippen LogP contribution >= 0.6 is 0 Å². The van der Waals surface area contributed by atoms with Gasteiger partial charge in [-0.2, -0.15) is 0 Å². The Morgan fingerprint density at radius 2 is 2.23 bits per heavy atom. The fraction of sp³-hybridized carbons (Fsp3) is 0.750. The molecule has 1 aromatic rings. The molecule has 1 aliphatic rings. The number of hydrogen-bond acceptors (Lipinski definition) is 4. The quantitative estimate of drug-likeness (QED) is 0.512. The summed E-state index contributed by atoms with van der Waals surface area (Å²) in [6.45, 7) is 14.4. The summed E-state index contributed by atoms with van der Waals surface area (Å²) >= 11 is 0. The molecule has 6 nitrogen and oxygen atoms in total. The Bertz CT molecular complexity index is 582. The predicted molar refractivity (Wildman–Crippen MR) is 106 cm³/mol. The highest BCUT2D eigenvalue weighted by atomic mass is 16.4. The van der Waals surface area contributed by atoms with Crippen molar-refractivity contribution in [3.63, 3.8) is 0 Å². The van der Waals surface area contributed by atoms with Gasteiger partial charge in [-0.15, -0.1) is 0 Å². The van der Waals surface area contributed by atoms with Gasteiger partial charge >= 0.3 is 0 Å². The molecule has 0 bridgehead atoms. The van der Waals surface area contributed by atoms with Crippen LogP contribution in [0.2, 0.25) is 0 Å². The summed E-state index contributed by atoms with van der Waals surface area (Å²) in [4.78, 5) is 7.12. The van der Waals surface area contributed by atoms with Crippen LogP contribution in [0.15, 0.2) is 21.5 Å².